The number of fused-ring (bicyclic) bond motifs is 1. The van der Waals surface area contributed by atoms with Crippen molar-refractivity contribution in [2.24, 2.45) is 11.7 Å². The van der Waals surface area contributed by atoms with Gasteiger partial charge in [-0.2, -0.15) is 0 Å². The van der Waals surface area contributed by atoms with Crippen molar-refractivity contribution < 1.29 is 19.4 Å². The first kappa shape index (κ1) is 15.1. The lowest BCUT2D eigenvalue weighted by Crippen LogP contribution is -2.47. The van der Waals surface area contributed by atoms with Gasteiger partial charge in [-0.05, 0) is 44.1 Å². The highest BCUT2D eigenvalue weighted by atomic mass is 16.5. The topological polar surface area (TPSA) is 85.0 Å². The van der Waals surface area contributed by atoms with Crippen LogP contribution in [0.3, 0.4) is 0 Å². The number of primary amides is 1. The zero-order valence-electron chi connectivity index (χ0n) is 12.7. The quantitative estimate of drug-likeness (QED) is 0.858. The minimum atomic E-state index is -0.593. The number of aliphatic hydroxyl groups is 1. The molecule has 0 spiro atoms. The van der Waals surface area contributed by atoms with Crippen molar-refractivity contribution in [3.63, 3.8) is 0 Å². The number of rotatable bonds is 3. The van der Waals surface area contributed by atoms with Crippen LogP contribution in [-0.2, 0) is 4.79 Å². The van der Waals surface area contributed by atoms with Gasteiger partial charge in [-0.15, -0.1) is 0 Å². The fourth-order valence-electron chi connectivity index (χ4n) is 3.39. The Kier molecular flexibility index (Phi) is 4.22. The fraction of sp³-hybridized carbons (Fsp3) is 0.562. The number of hydrogen-bond acceptors (Lipinski definition) is 5. The second kappa shape index (κ2) is 6.14. The zero-order chi connectivity index (χ0) is 15.7. The molecular weight excluding hydrogens is 284 g/mol. The van der Waals surface area contributed by atoms with Crippen molar-refractivity contribution in [1.82, 2.24) is 4.90 Å². The fourth-order valence-corrected chi connectivity index (χ4v) is 3.39. The molecule has 22 heavy (non-hydrogen) atoms. The molecule has 2 aliphatic rings. The van der Waals surface area contributed by atoms with Crippen molar-refractivity contribution in [1.29, 1.82) is 0 Å². The molecule has 1 aromatic rings. The Bertz CT molecular complexity index is 555. The predicted octanol–water partition coefficient (Wildman–Crippen LogP) is 0.687. The van der Waals surface area contributed by atoms with Gasteiger partial charge in [-0.25, -0.2) is 0 Å². The Morgan fingerprint density at radius 3 is 2.77 bits per heavy atom. The summed E-state index contributed by atoms with van der Waals surface area (Å²) < 4.78 is 10.9. The lowest BCUT2D eigenvalue weighted by Gasteiger charge is -2.41. The van der Waals surface area contributed by atoms with E-state index >= 15 is 0 Å². The summed E-state index contributed by atoms with van der Waals surface area (Å²) in [6, 6.07) is 5.52. The lowest BCUT2D eigenvalue weighted by molar-refractivity contribution is -0.123. The molecule has 1 amide bonds. The largest absolute Gasteiger partial charge is 0.497 e. The third-order valence-electron chi connectivity index (χ3n) is 4.63. The molecule has 0 bridgehead atoms. The molecule has 2 unspecified atom stereocenters. The third-order valence-corrected chi connectivity index (χ3v) is 4.63. The Morgan fingerprint density at radius 2 is 2.14 bits per heavy atom. The van der Waals surface area contributed by atoms with Crippen LogP contribution in [0.15, 0.2) is 18.2 Å². The van der Waals surface area contributed by atoms with E-state index in [9.17, 15) is 9.90 Å². The number of benzene rings is 1. The van der Waals surface area contributed by atoms with Gasteiger partial charge in [0.2, 0.25) is 5.91 Å². The summed E-state index contributed by atoms with van der Waals surface area (Å²) in [6.07, 6.45) is 0.877. The number of nitrogens with zero attached hydrogens (tertiary/aromatic N) is 1. The summed E-state index contributed by atoms with van der Waals surface area (Å²) in [5, 5.41) is 10.4. The first-order valence-electron chi connectivity index (χ1n) is 7.62. The third kappa shape index (κ3) is 2.76. The molecule has 0 saturated carbocycles. The van der Waals surface area contributed by atoms with Gasteiger partial charge in [0.25, 0.3) is 0 Å². The van der Waals surface area contributed by atoms with Gasteiger partial charge in [0.15, 0.2) is 0 Å². The number of carbonyl (C=O) groups excluding carboxylic acids is 1. The van der Waals surface area contributed by atoms with Crippen LogP contribution in [0.5, 0.6) is 11.5 Å². The molecule has 0 radical (unpaired) electrons. The van der Waals surface area contributed by atoms with E-state index in [0.717, 1.165) is 43.0 Å². The summed E-state index contributed by atoms with van der Waals surface area (Å²) in [5.74, 6) is 1.24. The number of hydrogen-bond donors (Lipinski definition) is 2. The van der Waals surface area contributed by atoms with Crippen molar-refractivity contribution in [2.45, 2.75) is 25.0 Å². The lowest BCUT2D eigenvalue weighted by atomic mass is 9.90. The average Bonchev–Trinajstić information content (AvgIpc) is 2.54. The Balaban J connectivity index is 1.83. The molecule has 3 N–H and O–H groups in total. The second-order valence-corrected chi connectivity index (χ2v) is 5.94. The monoisotopic (exact) mass is 306 g/mol. The summed E-state index contributed by atoms with van der Waals surface area (Å²) in [4.78, 5) is 13.5. The van der Waals surface area contributed by atoms with E-state index in [-0.39, 0.29) is 24.5 Å². The van der Waals surface area contributed by atoms with Crippen LogP contribution in [0, 0.1) is 5.92 Å². The molecule has 6 heteroatoms. The van der Waals surface area contributed by atoms with Gasteiger partial charge < -0.3 is 20.3 Å². The first-order chi connectivity index (χ1) is 10.6. The maximum Gasteiger partial charge on any atom is 0.220 e. The molecular formula is C16H22N2O4. The van der Waals surface area contributed by atoms with E-state index in [4.69, 9.17) is 15.2 Å². The van der Waals surface area contributed by atoms with E-state index in [1.165, 1.54) is 0 Å². The van der Waals surface area contributed by atoms with Crippen LogP contribution in [0.1, 0.15) is 24.4 Å². The van der Waals surface area contributed by atoms with Crippen molar-refractivity contribution in [2.75, 3.05) is 26.8 Å². The van der Waals surface area contributed by atoms with Crippen LogP contribution in [-0.4, -0.2) is 48.8 Å². The van der Waals surface area contributed by atoms with Crippen molar-refractivity contribution in [3.8, 4) is 11.5 Å². The van der Waals surface area contributed by atoms with Crippen LogP contribution >= 0.6 is 0 Å². The van der Waals surface area contributed by atoms with Gasteiger partial charge in [-0.1, -0.05) is 0 Å². The number of carbonyl (C=O) groups is 1. The maximum atomic E-state index is 11.3. The minimum absolute atomic E-state index is 0.0574. The molecule has 1 aromatic carbocycles. The number of likely N-dealkylation sites (tertiary alicyclic amines) is 1. The highest BCUT2D eigenvalue weighted by molar-refractivity contribution is 5.76. The Labute approximate surface area is 129 Å². The molecule has 0 aliphatic carbocycles. The molecule has 2 aliphatic heterocycles. The molecule has 2 atom stereocenters. The van der Waals surface area contributed by atoms with Gasteiger partial charge >= 0.3 is 0 Å². The van der Waals surface area contributed by atoms with Crippen molar-refractivity contribution >= 4 is 5.91 Å². The van der Waals surface area contributed by atoms with Crippen LogP contribution < -0.4 is 15.2 Å². The minimum Gasteiger partial charge on any atom is -0.497 e. The highest BCUT2D eigenvalue weighted by Gasteiger charge is 2.37. The van der Waals surface area contributed by atoms with Crippen LogP contribution in [0.4, 0.5) is 0 Å². The number of nitrogens with two attached hydrogens (primary N) is 1. The molecule has 120 valence electrons. The van der Waals surface area contributed by atoms with Gasteiger partial charge in [-0.3, -0.25) is 9.69 Å². The molecule has 0 aromatic heterocycles. The van der Waals surface area contributed by atoms with Crippen molar-refractivity contribution in [3.05, 3.63) is 23.8 Å². The number of methoxy groups -OCH3 is 1. The summed E-state index contributed by atoms with van der Waals surface area (Å²) in [5.41, 5.74) is 6.33. The smallest absolute Gasteiger partial charge is 0.220 e. The Hall–Kier alpha value is -1.79. The zero-order valence-corrected chi connectivity index (χ0v) is 12.7. The van der Waals surface area contributed by atoms with E-state index in [2.05, 4.69) is 4.90 Å². The number of aliphatic hydroxyl groups excluding tert-OH is 1. The summed E-state index contributed by atoms with van der Waals surface area (Å²) >= 11 is 0. The normalized spacial score (nSPS) is 26.1. The summed E-state index contributed by atoms with van der Waals surface area (Å²) in [6.45, 7) is 1.76. The second-order valence-electron chi connectivity index (χ2n) is 5.94. The van der Waals surface area contributed by atoms with E-state index < -0.39 is 6.10 Å². The molecule has 1 saturated heterocycles. The molecule has 6 nitrogen and oxygen atoms in total. The standard InChI is InChI=1S/C16H22N2O4/c1-21-11-2-3-14-12(8-11)15(13(19)9-22-14)18-6-4-10(5-7-18)16(17)20/h2-3,8,10,13,15,19H,4-7,9H2,1H3,(H2,17,20). The average molecular weight is 306 g/mol. The number of ether oxygens (including phenoxy) is 2. The molecule has 3 rings (SSSR count). The number of amides is 1. The van der Waals surface area contributed by atoms with E-state index in [0.29, 0.717) is 0 Å². The predicted molar refractivity (Wildman–Crippen MR) is 80.7 cm³/mol. The van der Waals surface area contributed by atoms with E-state index in [1.54, 1.807) is 7.11 Å². The first-order valence-corrected chi connectivity index (χ1v) is 7.62. The maximum absolute atomic E-state index is 11.3. The van der Waals surface area contributed by atoms with Gasteiger partial charge in [0.05, 0.1) is 13.2 Å². The van der Waals surface area contributed by atoms with E-state index in [1.807, 2.05) is 18.2 Å². The molecule has 2 heterocycles. The number of piperidine rings is 1. The van der Waals surface area contributed by atoms with Gasteiger partial charge in [0.1, 0.15) is 24.2 Å². The van der Waals surface area contributed by atoms with Crippen LogP contribution in [0.25, 0.3) is 0 Å². The summed E-state index contributed by atoms with van der Waals surface area (Å²) in [7, 11) is 1.62. The Morgan fingerprint density at radius 1 is 1.41 bits per heavy atom. The molecule has 1 fully saturated rings. The van der Waals surface area contributed by atoms with Crippen LogP contribution in [0.2, 0.25) is 0 Å². The SMILES string of the molecule is COc1ccc2c(c1)C(N1CCC(C(N)=O)CC1)C(O)CO2. The van der Waals surface area contributed by atoms with Gasteiger partial charge in [0, 0.05) is 11.5 Å². The highest BCUT2D eigenvalue weighted by Crippen LogP contribution is 2.39.